The maximum Gasteiger partial charge on any atom is 0.204 e. The van der Waals surface area contributed by atoms with Crippen LogP contribution in [0.3, 0.4) is 0 Å². The molecule has 0 fully saturated rings. The van der Waals surface area contributed by atoms with Crippen LogP contribution in [0.4, 0.5) is 0 Å². The van der Waals surface area contributed by atoms with Gasteiger partial charge in [-0.2, -0.15) is 0 Å². The summed E-state index contributed by atoms with van der Waals surface area (Å²) in [5, 5.41) is 26.7. The Morgan fingerprint density at radius 2 is 1.19 bits per heavy atom. The third-order valence-corrected chi connectivity index (χ3v) is 4.96. The molecule has 0 saturated carbocycles. The molecule has 0 radical (unpaired) electrons. The molecule has 176 valence electrons. The summed E-state index contributed by atoms with van der Waals surface area (Å²) in [7, 11) is 6.09. The first-order valence-corrected chi connectivity index (χ1v) is 11.5. The van der Waals surface area contributed by atoms with Crippen molar-refractivity contribution in [3.63, 3.8) is 0 Å². The number of phenols is 1. The van der Waals surface area contributed by atoms with E-state index in [0.29, 0.717) is 38.6 Å². The number of ether oxygens (including phenoxy) is 5. The average Bonchev–Trinajstić information content (AvgIpc) is 2.80. The highest BCUT2D eigenvalue weighted by molar-refractivity contribution is 9.11. The van der Waals surface area contributed by atoms with Crippen molar-refractivity contribution in [2.24, 2.45) is 0 Å². The Balaban J connectivity index is 0.000000504. The Morgan fingerprint density at radius 1 is 0.710 bits per heavy atom. The van der Waals surface area contributed by atoms with Crippen molar-refractivity contribution in [2.45, 2.75) is 0 Å². The number of halogens is 3. The minimum absolute atomic E-state index is 0.0488. The van der Waals surface area contributed by atoms with Crippen molar-refractivity contribution >= 4 is 47.8 Å². The van der Waals surface area contributed by atoms with E-state index in [0.717, 1.165) is 4.47 Å². The fourth-order valence-electron chi connectivity index (χ4n) is 2.04. The number of methoxy groups -OCH3 is 4. The van der Waals surface area contributed by atoms with Crippen LogP contribution >= 0.6 is 47.8 Å². The molecule has 0 aromatic heterocycles. The van der Waals surface area contributed by atoms with Gasteiger partial charge >= 0.3 is 0 Å². The number of aliphatic hydroxyl groups excluding tert-OH is 2. The smallest absolute Gasteiger partial charge is 0.204 e. The van der Waals surface area contributed by atoms with Gasteiger partial charge in [-0.25, -0.2) is 0 Å². The Hall–Kier alpha value is -1.40. The van der Waals surface area contributed by atoms with E-state index in [1.807, 2.05) is 0 Å². The lowest BCUT2D eigenvalue weighted by molar-refractivity contribution is 0.194. The van der Waals surface area contributed by atoms with E-state index in [4.69, 9.17) is 33.9 Å². The van der Waals surface area contributed by atoms with E-state index in [-0.39, 0.29) is 25.6 Å². The van der Waals surface area contributed by atoms with Crippen molar-refractivity contribution < 1.29 is 39.0 Å². The summed E-state index contributed by atoms with van der Waals surface area (Å²) in [6.45, 7) is 0.398. The molecule has 0 spiro atoms. The highest BCUT2D eigenvalue weighted by Crippen LogP contribution is 2.42. The summed E-state index contributed by atoms with van der Waals surface area (Å²) >= 11 is 9.50. The lowest BCUT2D eigenvalue weighted by Crippen LogP contribution is -2.04. The van der Waals surface area contributed by atoms with Gasteiger partial charge in [0.15, 0.2) is 23.0 Å². The van der Waals surface area contributed by atoms with Crippen molar-refractivity contribution in [1.82, 2.24) is 0 Å². The molecule has 0 aliphatic heterocycles. The van der Waals surface area contributed by atoms with Gasteiger partial charge in [0.2, 0.25) is 11.5 Å². The normalized spacial score (nSPS) is 9.45. The Morgan fingerprint density at radius 3 is 1.61 bits per heavy atom. The molecule has 0 heterocycles. The first kappa shape index (κ1) is 29.6. The predicted molar refractivity (Wildman–Crippen MR) is 130 cm³/mol. The van der Waals surface area contributed by atoms with Crippen LogP contribution in [0.5, 0.6) is 34.5 Å². The number of hydrogen-bond donors (Lipinski definition) is 3. The molecule has 0 unspecified atom stereocenters. The molecule has 0 saturated heterocycles. The Labute approximate surface area is 207 Å². The molecule has 2 rings (SSSR count). The number of hydrogen-bond acceptors (Lipinski definition) is 8. The lowest BCUT2D eigenvalue weighted by Gasteiger charge is -2.14. The SMILES string of the molecule is COc1ccc(Br)c(O)c1OC.COc1ccc(Br)c(OCCO)c1OC.OCCBr. The molecule has 0 atom stereocenters. The van der Waals surface area contributed by atoms with Gasteiger partial charge in [0.1, 0.15) is 6.61 Å². The maximum absolute atomic E-state index is 9.46. The molecule has 2 aromatic carbocycles. The second-order valence-corrected chi connectivity index (χ2v) is 7.73. The van der Waals surface area contributed by atoms with Gasteiger partial charge < -0.3 is 39.0 Å². The van der Waals surface area contributed by atoms with Crippen LogP contribution < -0.4 is 23.7 Å². The molecule has 11 heteroatoms. The number of phenolic OH excluding ortho intramolecular Hbond substituents is 1. The van der Waals surface area contributed by atoms with Crippen LogP contribution in [0.25, 0.3) is 0 Å². The van der Waals surface area contributed by atoms with E-state index in [9.17, 15) is 5.11 Å². The van der Waals surface area contributed by atoms with E-state index in [1.165, 1.54) is 21.3 Å². The van der Waals surface area contributed by atoms with Gasteiger partial charge in [0, 0.05) is 5.33 Å². The van der Waals surface area contributed by atoms with Gasteiger partial charge in [0.05, 0.1) is 50.6 Å². The van der Waals surface area contributed by atoms with E-state index < -0.39 is 0 Å². The van der Waals surface area contributed by atoms with E-state index in [2.05, 4.69) is 47.8 Å². The quantitative estimate of drug-likeness (QED) is 0.368. The third kappa shape index (κ3) is 9.73. The number of alkyl halides is 1. The van der Waals surface area contributed by atoms with Gasteiger partial charge in [-0.3, -0.25) is 0 Å². The van der Waals surface area contributed by atoms with Crippen LogP contribution in [0.15, 0.2) is 33.2 Å². The number of benzene rings is 2. The largest absolute Gasteiger partial charge is 0.503 e. The molecule has 0 amide bonds. The van der Waals surface area contributed by atoms with Gasteiger partial charge in [-0.1, -0.05) is 15.9 Å². The van der Waals surface area contributed by atoms with Gasteiger partial charge in [0.25, 0.3) is 0 Å². The van der Waals surface area contributed by atoms with Crippen molar-refractivity contribution in [2.75, 3.05) is 53.6 Å². The Kier molecular flexibility index (Phi) is 16.4. The maximum atomic E-state index is 9.46. The highest BCUT2D eigenvalue weighted by atomic mass is 79.9. The highest BCUT2D eigenvalue weighted by Gasteiger charge is 2.14. The minimum atomic E-state index is -0.0488. The molecule has 31 heavy (non-hydrogen) atoms. The first-order chi connectivity index (χ1) is 14.9. The van der Waals surface area contributed by atoms with Crippen LogP contribution in [0.2, 0.25) is 0 Å². The third-order valence-electron chi connectivity index (χ3n) is 3.34. The minimum Gasteiger partial charge on any atom is -0.503 e. The fraction of sp³-hybridized carbons (Fsp3) is 0.400. The summed E-state index contributed by atoms with van der Waals surface area (Å²) in [6, 6.07) is 6.97. The van der Waals surface area contributed by atoms with Gasteiger partial charge in [-0.05, 0) is 56.1 Å². The lowest BCUT2D eigenvalue weighted by atomic mass is 10.3. The molecular formula is C20H27Br3O8. The van der Waals surface area contributed by atoms with Crippen molar-refractivity contribution in [3.05, 3.63) is 33.2 Å². The van der Waals surface area contributed by atoms with Crippen LogP contribution in [0.1, 0.15) is 0 Å². The van der Waals surface area contributed by atoms with E-state index >= 15 is 0 Å². The number of rotatable bonds is 8. The fourth-order valence-corrected chi connectivity index (χ4v) is 2.78. The second-order valence-electron chi connectivity index (χ2n) is 5.23. The molecule has 8 nitrogen and oxygen atoms in total. The molecular weight excluding hydrogens is 608 g/mol. The summed E-state index contributed by atoms with van der Waals surface area (Å²) in [4.78, 5) is 0. The van der Waals surface area contributed by atoms with Crippen molar-refractivity contribution in [1.29, 1.82) is 0 Å². The van der Waals surface area contributed by atoms with Crippen molar-refractivity contribution in [3.8, 4) is 34.5 Å². The topological polar surface area (TPSA) is 107 Å². The zero-order valence-corrected chi connectivity index (χ0v) is 22.4. The standard InChI is InChI=1S/C10H13BrO4.C8H9BrO3.C2H5BrO/c1-13-8-4-3-7(11)9(10(8)14-2)15-6-5-12;1-11-6-4-3-5(9)7(10)8(6)12-2;3-1-2-4/h3-4,12H,5-6H2,1-2H3;3-4,10H,1-2H3;4H,1-2H2. The Bertz CT molecular complexity index is 773. The summed E-state index contributed by atoms with van der Waals surface area (Å²) in [5.41, 5.74) is 0. The zero-order chi connectivity index (χ0) is 23.8. The number of aliphatic hydroxyl groups is 2. The molecule has 0 aliphatic carbocycles. The summed E-state index contributed by atoms with van der Waals surface area (Å²) in [5.74, 6) is 2.54. The molecule has 0 bridgehead atoms. The summed E-state index contributed by atoms with van der Waals surface area (Å²) in [6.07, 6.45) is 0. The van der Waals surface area contributed by atoms with Crippen LogP contribution in [0, 0.1) is 0 Å². The van der Waals surface area contributed by atoms with Crippen LogP contribution in [-0.2, 0) is 0 Å². The van der Waals surface area contributed by atoms with Gasteiger partial charge in [-0.15, -0.1) is 0 Å². The number of aromatic hydroxyl groups is 1. The summed E-state index contributed by atoms with van der Waals surface area (Å²) < 4.78 is 26.9. The first-order valence-electron chi connectivity index (χ1n) is 8.76. The molecule has 0 aliphatic rings. The predicted octanol–water partition coefficient (Wildman–Crippen LogP) is 4.38. The molecule has 3 N–H and O–H groups in total. The van der Waals surface area contributed by atoms with E-state index in [1.54, 1.807) is 31.4 Å². The second kappa shape index (κ2) is 17.2. The monoisotopic (exact) mass is 632 g/mol. The zero-order valence-electron chi connectivity index (χ0n) is 17.7. The average molecular weight is 635 g/mol. The molecule has 2 aromatic rings. The van der Waals surface area contributed by atoms with Crippen LogP contribution in [-0.4, -0.2) is 68.9 Å².